The van der Waals surface area contributed by atoms with Gasteiger partial charge in [0.1, 0.15) is 5.69 Å². The number of rotatable bonds is 6. The number of aromatic amines is 1. The molecular formula is C23H19ClN4O2. The second-order valence-corrected chi connectivity index (χ2v) is 7.30. The van der Waals surface area contributed by atoms with Gasteiger partial charge in [-0.1, -0.05) is 23.7 Å². The van der Waals surface area contributed by atoms with Gasteiger partial charge < -0.3 is 14.3 Å². The summed E-state index contributed by atoms with van der Waals surface area (Å²) in [5, 5.41) is 10.5. The monoisotopic (exact) mass is 418 g/mol. The molecule has 0 bridgehead atoms. The molecule has 1 atom stereocenters. The maximum Gasteiger partial charge on any atom is 0.354 e. The summed E-state index contributed by atoms with van der Waals surface area (Å²) in [7, 11) is 0. The van der Waals surface area contributed by atoms with E-state index in [2.05, 4.69) is 16.0 Å². The van der Waals surface area contributed by atoms with Gasteiger partial charge in [0.15, 0.2) is 0 Å². The second-order valence-electron chi connectivity index (χ2n) is 6.86. The highest BCUT2D eigenvalue weighted by Crippen LogP contribution is 2.32. The average molecular weight is 419 g/mol. The van der Waals surface area contributed by atoms with Gasteiger partial charge in [0.2, 0.25) is 0 Å². The van der Waals surface area contributed by atoms with Crippen molar-refractivity contribution in [3.8, 4) is 6.07 Å². The number of benzene rings is 2. The molecule has 150 valence electrons. The number of nitrogens with one attached hydrogen (secondary N) is 1. The van der Waals surface area contributed by atoms with Crippen LogP contribution in [0, 0.1) is 11.3 Å². The van der Waals surface area contributed by atoms with Gasteiger partial charge in [-0.25, -0.2) is 9.78 Å². The topological polar surface area (TPSA) is 83.7 Å². The molecule has 0 fully saturated rings. The van der Waals surface area contributed by atoms with Crippen LogP contribution in [0.3, 0.4) is 0 Å². The molecule has 0 saturated carbocycles. The normalized spacial score (nSPS) is 11.9. The van der Waals surface area contributed by atoms with Crippen LogP contribution < -0.4 is 0 Å². The number of carbonyl (C=O) groups excluding carboxylic acids is 1. The van der Waals surface area contributed by atoms with Crippen molar-refractivity contribution in [2.24, 2.45) is 0 Å². The first kappa shape index (κ1) is 19.7. The molecule has 1 unspecified atom stereocenters. The number of nitrogens with zero attached hydrogens (tertiary/aromatic N) is 3. The van der Waals surface area contributed by atoms with E-state index in [1.54, 1.807) is 43.7 Å². The number of H-pyrrole nitrogens is 1. The number of hydrogen-bond acceptors (Lipinski definition) is 4. The summed E-state index contributed by atoms with van der Waals surface area (Å²) < 4.78 is 7.29. The summed E-state index contributed by atoms with van der Waals surface area (Å²) in [5.74, 6) is -0.394. The SMILES string of the molecule is CCOC(=O)c1cc2cc(Cl)ccc2n1C(Cc1ccc(C#N)cc1)c1cnc[nH]1. The Labute approximate surface area is 178 Å². The summed E-state index contributed by atoms with van der Waals surface area (Å²) in [6.07, 6.45) is 3.96. The predicted molar refractivity (Wildman–Crippen MR) is 114 cm³/mol. The number of imidazole rings is 1. The van der Waals surface area contributed by atoms with E-state index >= 15 is 0 Å². The van der Waals surface area contributed by atoms with Gasteiger partial charge in [0.05, 0.1) is 42.5 Å². The van der Waals surface area contributed by atoms with Crippen molar-refractivity contribution in [2.45, 2.75) is 19.4 Å². The number of esters is 1. The summed E-state index contributed by atoms with van der Waals surface area (Å²) in [6.45, 7) is 2.07. The van der Waals surface area contributed by atoms with E-state index in [9.17, 15) is 4.79 Å². The minimum atomic E-state index is -0.394. The third-order valence-electron chi connectivity index (χ3n) is 4.99. The zero-order valence-electron chi connectivity index (χ0n) is 16.3. The average Bonchev–Trinajstić information content (AvgIpc) is 3.40. The van der Waals surface area contributed by atoms with Crippen LogP contribution in [0.5, 0.6) is 0 Å². The maximum atomic E-state index is 12.8. The van der Waals surface area contributed by atoms with Gasteiger partial charge in [-0.3, -0.25) is 0 Å². The standard InChI is InChI=1S/C23H19ClN4O2/c1-2-30-23(29)22-11-17-10-18(24)7-8-20(17)28(22)21(19-13-26-14-27-19)9-15-3-5-16(12-25)6-4-15/h3-8,10-11,13-14,21H,2,9H2,1H3,(H,26,27). The quantitative estimate of drug-likeness (QED) is 0.451. The summed E-state index contributed by atoms with van der Waals surface area (Å²) in [6, 6.07) is 16.7. The molecule has 2 heterocycles. The number of ether oxygens (including phenoxy) is 1. The lowest BCUT2D eigenvalue weighted by Gasteiger charge is -2.22. The van der Waals surface area contributed by atoms with Crippen LogP contribution in [0.2, 0.25) is 5.02 Å². The molecule has 0 aliphatic rings. The zero-order chi connectivity index (χ0) is 21.1. The van der Waals surface area contributed by atoms with Crippen LogP contribution in [0.15, 0.2) is 61.1 Å². The molecule has 2 aromatic carbocycles. The van der Waals surface area contributed by atoms with Crippen LogP contribution in [-0.4, -0.2) is 27.1 Å². The van der Waals surface area contributed by atoms with Crippen LogP contribution in [0.25, 0.3) is 10.9 Å². The van der Waals surface area contributed by atoms with Gasteiger partial charge in [-0.05, 0) is 55.3 Å². The number of carbonyl (C=O) groups is 1. The van der Waals surface area contributed by atoms with Crippen molar-refractivity contribution in [2.75, 3.05) is 6.61 Å². The van der Waals surface area contributed by atoms with Crippen molar-refractivity contribution in [3.05, 3.63) is 88.6 Å². The first-order valence-corrected chi connectivity index (χ1v) is 9.93. The fourth-order valence-electron chi connectivity index (χ4n) is 3.63. The summed E-state index contributed by atoms with van der Waals surface area (Å²) in [5.41, 5.74) is 3.81. The van der Waals surface area contributed by atoms with Gasteiger partial charge >= 0.3 is 5.97 Å². The first-order valence-electron chi connectivity index (χ1n) is 9.55. The molecule has 0 aliphatic carbocycles. The molecule has 0 saturated heterocycles. The lowest BCUT2D eigenvalue weighted by atomic mass is 10.0. The first-order chi connectivity index (χ1) is 14.6. The Balaban J connectivity index is 1.88. The molecule has 4 rings (SSSR count). The highest BCUT2D eigenvalue weighted by atomic mass is 35.5. The van der Waals surface area contributed by atoms with E-state index in [4.69, 9.17) is 21.6 Å². The van der Waals surface area contributed by atoms with Crippen LogP contribution in [0.1, 0.15) is 40.3 Å². The van der Waals surface area contributed by atoms with Crippen molar-refractivity contribution in [3.63, 3.8) is 0 Å². The fourth-order valence-corrected chi connectivity index (χ4v) is 3.81. The van der Waals surface area contributed by atoms with Crippen LogP contribution in [0.4, 0.5) is 0 Å². The minimum absolute atomic E-state index is 0.237. The van der Waals surface area contributed by atoms with Crippen LogP contribution >= 0.6 is 11.6 Å². The van der Waals surface area contributed by atoms with Crippen molar-refractivity contribution < 1.29 is 9.53 Å². The predicted octanol–water partition coefficient (Wildman–Crippen LogP) is 4.90. The molecule has 0 radical (unpaired) electrons. The van der Waals surface area contributed by atoms with E-state index in [0.29, 0.717) is 22.7 Å². The van der Waals surface area contributed by atoms with E-state index in [0.717, 1.165) is 22.2 Å². The smallest absolute Gasteiger partial charge is 0.354 e. The largest absolute Gasteiger partial charge is 0.461 e. The molecule has 7 heteroatoms. The van der Waals surface area contributed by atoms with E-state index in [-0.39, 0.29) is 12.6 Å². The molecule has 6 nitrogen and oxygen atoms in total. The van der Waals surface area contributed by atoms with Gasteiger partial charge in [0.25, 0.3) is 0 Å². The van der Waals surface area contributed by atoms with Gasteiger partial charge in [0, 0.05) is 15.9 Å². The Morgan fingerprint density at radius 1 is 1.27 bits per heavy atom. The minimum Gasteiger partial charge on any atom is -0.461 e. The Hall–Kier alpha value is -3.56. The molecule has 2 aromatic heterocycles. The molecule has 0 amide bonds. The maximum absolute atomic E-state index is 12.8. The number of halogens is 1. The number of aromatic nitrogens is 3. The number of hydrogen-bond donors (Lipinski definition) is 1. The Kier molecular flexibility index (Phi) is 5.55. The number of fused-ring (bicyclic) bond motifs is 1. The van der Waals surface area contributed by atoms with E-state index < -0.39 is 5.97 Å². The Bertz CT molecular complexity index is 1220. The second kappa shape index (κ2) is 8.44. The molecule has 30 heavy (non-hydrogen) atoms. The lowest BCUT2D eigenvalue weighted by Crippen LogP contribution is -2.20. The van der Waals surface area contributed by atoms with Crippen molar-refractivity contribution in [1.29, 1.82) is 5.26 Å². The summed E-state index contributed by atoms with van der Waals surface area (Å²) in [4.78, 5) is 20.1. The highest BCUT2D eigenvalue weighted by molar-refractivity contribution is 6.31. The lowest BCUT2D eigenvalue weighted by molar-refractivity contribution is 0.0513. The third kappa shape index (κ3) is 3.80. The fraction of sp³-hybridized carbons (Fsp3) is 0.174. The molecular weight excluding hydrogens is 400 g/mol. The Morgan fingerprint density at radius 3 is 2.73 bits per heavy atom. The molecule has 0 spiro atoms. The van der Waals surface area contributed by atoms with Crippen molar-refractivity contribution >= 4 is 28.5 Å². The molecule has 0 aliphatic heterocycles. The molecule has 4 aromatic rings. The highest BCUT2D eigenvalue weighted by Gasteiger charge is 2.25. The van der Waals surface area contributed by atoms with Crippen LogP contribution in [-0.2, 0) is 11.2 Å². The van der Waals surface area contributed by atoms with Crippen molar-refractivity contribution in [1.82, 2.24) is 14.5 Å². The molecule has 1 N–H and O–H groups in total. The van der Waals surface area contributed by atoms with E-state index in [1.165, 1.54) is 0 Å². The van der Waals surface area contributed by atoms with E-state index in [1.807, 2.05) is 28.8 Å². The number of nitriles is 1. The Morgan fingerprint density at radius 2 is 2.07 bits per heavy atom. The van der Waals surface area contributed by atoms with Gasteiger partial charge in [-0.2, -0.15) is 5.26 Å². The zero-order valence-corrected chi connectivity index (χ0v) is 17.1. The summed E-state index contributed by atoms with van der Waals surface area (Å²) >= 11 is 6.19. The van der Waals surface area contributed by atoms with Gasteiger partial charge in [-0.15, -0.1) is 0 Å². The third-order valence-corrected chi connectivity index (χ3v) is 5.22.